The largest absolute Gasteiger partial charge is 0.493 e. The van der Waals surface area contributed by atoms with Gasteiger partial charge in [0.25, 0.3) is 0 Å². The monoisotopic (exact) mass is 700 g/mol. The van der Waals surface area contributed by atoms with Crippen LogP contribution in [-0.4, -0.2) is 90.5 Å². The van der Waals surface area contributed by atoms with Gasteiger partial charge in [0.2, 0.25) is 23.3 Å². The van der Waals surface area contributed by atoms with E-state index in [1.165, 1.54) is 0 Å². The molecule has 0 atom stereocenters. The molecule has 0 N–H and O–H groups in total. The third-order valence-electron chi connectivity index (χ3n) is 10.0. The van der Waals surface area contributed by atoms with Gasteiger partial charge in [0, 0.05) is 49.5 Å². The van der Waals surface area contributed by atoms with Crippen molar-refractivity contribution in [3.05, 3.63) is 69.8 Å². The van der Waals surface area contributed by atoms with Crippen LogP contribution in [0.1, 0.15) is 69.2 Å². The van der Waals surface area contributed by atoms with Crippen LogP contribution in [-0.2, 0) is 20.4 Å². The number of rotatable bonds is 10. The average Bonchev–Trinajstić information content (AvgIpc) is 3.37. The predicted octanol–water partition coefficient (Wildman–Crippen LogP) is 6.74. The van der Waals surface area contributed by atoms with E-state index in [1.807, 2.05) is 34.1 Å². The Morgan fingerprint density at radius 3 is 1.27 bits per heavy atom. The molecule has 1 heterocycles. The summed E-state index contributed by atoms with van der Waals surface area (Å²) in [4.78, 5) is 30.4. The normalized spacial score (nSPS) is 17.9. The summed E-state index contributed by atoms with van der Waals surface area (Å²) in [7, 11) is 9.70. The van der Waals surface area contributed by atoms with Crippen LogP contribution >= 0.6 is 0 Å². The number of carbonyl (C=O) groups is 2. The van der Waals surface area contributed by atoms with Crippen LogP contribution in [0.2, 0.25) is 0 Å². The molecule has 0 radical (unpaired) electrons. The fourth-order valence-corrected chi connectivity index (χ4v) is 7.81. The summed E-state index contributed by atoms with van der Waals surface area (Å²) in [5, 5.41) is 0. The maximum absolute atomic E-state index is 13.4. The highest BCUT2D eigenvalue weighted by Crippen LogP contribution is 2.52. The third-order valence-corrected chi connectivity index (χ3v) is 10.0. The van der Waals surface area contributed by atoms with E-state index in [1.54, 1.807) is 54.8 Å². The molecule has 2 amide bonds. The molecule has 0 unspecified atom stereocenters. The SMILES string of the molecule is COc1cc2c(c(OC)c1OC)C(C)(C)CC(/C=C/C(=O)N1CCCN(C(=O)/C=C/C3=Cc4cc(OC)c(OC)c(OC)c4C(C)(C)C3)CC1)=C2. The second-order valence-electron chi connectivity index (χ2n) is 14.4. The molecule has 274 valence electrons. The van der Waals surface area contributed by atoms with Crippen molar-refractivity contribution >= 4 is 24.0 Å². The lowest BCUT2D eigenvalue weighted by molar-refractivity contribution is -0.128. The zero-order valence-corrected chi connectivity index (χ0v) is 31.7. The molecule has 51 heavy (non-hydrogen) atoms. The molecular formula is C41H52N2O8. The Labute approximate surface area is 302 Å². The molecule has 0 saturated carbocycles. The van der Waals surface area contributed by atoms with E-state index in [0.717, 1.165) is 46.2 Å². The van der Waals surface area contributed by atoms with Gasteiger partial charge in [-0.15, -0.1) is 0 Å². The standard InChI is InChI=1S/C41H52N2O8/c1-40(2)24-26(20-28-22-30(46-5)36(48-7)38(50-9)34(28)40)12-14-32(44)42-16-11-17-43(19-18-42)33(45)15-13-27-21-29-23-31(47-6)37(49-8)39(51-10)35(29)41(3,4)25-27/h12-15,20-23H,11,16-19,24-25H2,1-10H3/b14-12+,15-13+. The molecule has 3 aliphatic rings. The Balaban J connectivity index is 1.26. The van der Waals surface area contributed by atoms with Crippen molar-refractivity contribution < 1.29 is 38.0 Å². The highest BCUT2D eigenvalue weighted by atomic mass is 16.5. The number of hydrogen-bond donors (Lipinski definition) is 0. The van der Waals surface area contributed by atoms with Crippen LogP contribution in [0.5, 0.6) is 34.5 Å². The highest BCUT2D eigenvalue weighted by molar-refractivity contribution is 5.90. The van der Waals surface area contributed by atoms with Crippen LogP contribution in [0.15, 0.2) is 47.6 Å². The van der Waals surface area contributed by atoms with Gasteiger partial charge in [0.15, 0.2) is 23.0 Å². The molecule has 5 rings (SSSR count). The molecule has 10 heteroatoms. The summed E-state index contributed by atoms with van der Waals surface area (Å²) in [5.41, 5.74) is 5.57. The Kier molecular flexibility index (Phi) is 11.1. The van der Waals surface area contributed by atoms with Crippen molar-refractivity contribution in [2.75, 3.05) is 68.8 Å². The lowest BCUT2D eigenvalue weighted by Crippen LogP contribution is -2.36. The Morgan fingerprint density at radius 2 is 0.941 bits per heavy atom. The van der Waals surface area contributed by atoms with E-state index < -0.39 is 0 Å². The number of carbonyl (C=O) groups excluding carboxylic acids is 2. The summed E-state index contributed by atoms with van der Waals surface area (Å²) in [5.74, 6) is 3.52. The third kappa shape index (κ3) is 7.46. The molecular weight excluding hydrogens is 648 g/mol. The first-order valence-electron chi connectivity index (χ1n) is 17.3. The van der Waals surface area contributed by atoms with Crippen LogP contribution < -0.4 is 28.4 Å². The maximum Gasteiger partial charge on any atom is 0.246 e. The van der Waals surface area contributed by atoms with Gasteiger partial charge in [-0.1, -0.05) is 52.0 Å². The van der Waals surface area contributed by atoms with E-state index in [-0.39, 0.29) is 22.6 Å². The van der Waals surface area contributed by atoms with Crippen LogP contribution in [0.25, 0.3) is 12.2 Å². The van der Waals surface area contributed by atoms with E-state index in [4.69, 9.17) is 28.4 Å². The summed E-state index contributed by atoms with van der Waals surface area (Å²) in [6, 6.07) is 3.91. The van der Waals surface area contributed by atoms with Gasteiger partial charge in [0.1, 0.15) is 0 Å². The minimum Gasteiger partial charge on any atom is -0.493 e. The van der Waals surface area contributed by atoms with Crippen molar-refractivity contribution in [3.8, 4) is 34.5 Å². The summed E-state index contributed by atoms with van der Waals surface area (Å²) in [6.45, 7) is 10.7. The number of allylic oxidation sites excluding steroid dienone is 4. The van der Waals surface area contributed by atoms with Crippen molar-refractivity contribution in [3.63, 3.8) is 0 Å². The number of ether oxygens (including phenoxy) is 6. The molecule has 2 aromatic rings. The van der Waals surface area contributed by atoms with Crippen LogP contribution in [0, 0.1) is 0 Å². The second-order valence-corrected chi connectivity index (χ2v) is 14.4. The lowest BCUT2D eigenvalue weighted by atomic mass is 9.72. The molecule has 0 spiro atoms. The molecule has 2 aliphatic carbocycles. The molecule has 2 aromatic carbocycles. The lowest BCUT2D eigenvalue weighted by Gasteiger charge is -2.34. The van der Waals surface area contributed by atoms with Gasteiger partial charge in [-0.05, 0) is 64.5 Å². The summed E-state index contributed by atoms with van der Waals surface area (Å²) < 4.78 is 34.0. The van der Waals surface area contributed by atoms with Crippen molar-refractivity contribution in [1.82, 2.24) is 9.80 Å². The smallest absolute Gasteiger partial charge is 0.246 e. The molecule has 1 saturated heterocycles. The van der Waals surface area contributed by atoms with Gasteiger partial charge < -0.3 is 38.2 Å². The second kappa shape index (κ2) is 15.2. The Bertz CT molecular complexity index is 1670. The first-order chi connectivity index (χ1) is 24.3. The highest BCUT2D eigenvalue weighted by Gasteiger charge is 2.36. The minimum atomic E-state index is -0.269. The van der Waals surface area contributed by atoms with E-state index in [9.17, 15) is 9.59 Å². The fourth-order valence-electron chi connectivity index (χ4n) is 7.81. The maximum atomic E-state index is 13.4. The number of benzene rings is 2. The van der Waals surface area contributed by atoms with Gasteiger partial charge >= 0.3 is 0 Å². The Hall–Kier alpha value is -4.86. The van der Waals surface area contributed by atoms with E-state index >= 15 is 0 Å². The summed E-state index contributed by atoms with van der Waals surface area (Å²) in [6.07, 6.45) is 13.4. The fraction of sp³-hybridized carbons (Fsp3) is 0.463. The van der Waals surface area contributed by atoms with Crippen LogP contribution in [0.4, 0.5) is 0 Å². The van der Waals surface area contributed by atoms with Crippen molar-refractivity contribution in [2.24, 2.45) is 0 Å². The molecule has 1 fully saturated rings. The first-order valence-corrected chi connectivity index (χ1v) is 17.3. The molecule has 1 aliphatic heterocycles. The Morgan fingerprint density at radius 1 is 0.569 bits per heavy atom. The average molecular weight is 701 g/mol. The van der Waals surface area contributed by atoms with Gasteiger partial charge in [-0.2, -0.15) is 0 Å². The number of amides is 2. The van der Waals surface area contributed by atoms with Crippen LogP contribution in [0.3, 0.4) is 0 Å². The van der Waals surface area contributed by atoms with Crippen molar-refractivity contribution in [2.45, 2.75) is 57.8 Å². The summed E-state index contributed by atoms with van der Waals surface area (Å²) >= 11 is 0. The number of nitrogens with zero attached hydrogens (tertiary/aromatic N) is 2. The molecule has 0 bridgehead atoms. The van der Waals surface area contributed by atoms with Gasteiger partial charge in [0.05, 0.1) is 42.7 Å². The number of fused-ring (bicyclic) bond motifs is 2. The topological polar surface area (TPSA) is 96.0 Å². The zero-order chi connectivity index (χ0) is 37.1. The predicted molar refractivity (Wildman–Crippen MR) is 199 cm³/mol. The van der Waals surface area contributed by atoms with Gasteiger partial charge in [-0.3, -0.25) is 9.59 Å². The zero-order valence-electron chi connectivity index (χ0n) is 31.7. The number of hydrogen-bond acceptors (Lipinski definition) is 8. The van der Waals surface area contributed by atoms with E-state index in [0.29, 0.717) is 67.1 Å². The molecule has 0 aromatic heterocycles. The van der Waals surface area contributed by atoms with Crippen molar-refractivity contribution in [1.29, 1.82) is 0 Å². The first kappa shape index (κ1) is 37.4. The minimum absolute atomic E-state index is 0.0648. The quantitative estimate of drug-likeness (QED) is 0.252. The van der Waals surface area contributed by atoms with E-state index in [2.05, 4.69) is 39.8 Å². The van der Waals surface area contributed by atoms with Gasteiger partial charge in [-0.25, -0.2) is 0 Å². The number of methoxy groups -OCH3 is 6. The molecule has 10 nitrogen and oxygen atoms in total.